The van der Waals surface area contributed by atoms with E-state index in [-0.39, 0.29) is 0 Å². The monoisotopic (exact) mass is 774 g/mol. The summed E-state index contributed by atoms with van der Waals surface area (Å²) in [6.45, 7) is 6.20. The summed E-state index contributed by atoms with van der Waals surface area (Å²) >= 11 is 0. The maximum atomic E-state index is 6.48. The smallest absolute Gasteiger partial charge is 0.410 e. The van der Waals surface area contributed by atoms with Crippen LogP contribution in [0.4, 0.5) is 0 Å². The third-order valence-electron chi connectivity index (χ3n) is 12.0. The van der Waals surface area contributed by atoms with Crippen LogP contribution in [0.2, 0.25) is 0 Å². The molecule has 0 aliphatic carbocycles. The molecular formula is C55H43BN2O2. The first-order chi connectivity index (χ1) is 29.4. The van der Waals surface area contributed by atoms with E-state index in [2.05, 4.69) is 218 Å². The lowest BCUT2D eigenvalue weighted by molar-refractivity contribution is 0.0982. The molecule has 0 N–H and O–H groups in total. The molecule has 0 aliphatic rings. The van der Waals surface area contributed by atoms with Crippen LogP contribution in [0.5, 0.6) is 0 Å². The number of fused-ring (bicyclic) bond motifs is 8. The van der Waals surface area contributed by atoms with Gasteiger partial charge in [0.15, 0.2) is 0 Å². The Bertz CT molecular complexity index is 3320. The zero-order valence-corrected chi connectivity index (χ0v) is 34.2. The van der Waals surface area contributed by atoms with Crippen molar-refractivity contribution in [1.29, 1.82) is 0 Å². The summed E-state index contributed by atoms with van der Waals surface area (Å²) in [5.41, 5.74) is 12.4. The molecule has 0 aliphatic heterocycles. The van der Waals surface area contributed by atoms with Gasteiger partial charge in [-0.05, 0) is 119 Å². The highest BCUT2D eigenvalue weighted by Crippen LogP contribution is 2.44. The summed E-state index contributed by atoms with van der Waals surface area (Å²) in [6.07, 6.45) is 0. The van der Waals surface area contributed by atoms with Crippen molar-refractivity contribution in [3.63, 3.8) is 0 Å². The molecule has 11 rings (SSSR count). The number of aromatic nitrogens is 2. The van der Waals surface area contributed by atoms with Crippen molar-refractivity contribution in [3.05, 3.63) is 188 Å². The Balaban J connectivity index is 1.11. The van der Waals surface area contributed by atoms with E-state index in [0.717, 1.165) is 33.4 Å². The van der Waals surface area contributed by atoms with Gasteiger partial charge in [0.05, 0.1) is 22.1 Å². The number of hydrogen-bond donors (Lipinski definition) is 0. The molecule has 0 unspecified atom stereocenters. The van der Waals surface area contributed by atoms with Crippen molar-refractivity contribution in [3.8, 4) is 33.6 Å². The van der Waals surface area contributed by atoms with E-state index in [1.165, 1.54) is 70.9 Å². The van der Waals surface area contributed by atoms with Gasteiger partial charge in [-0.1, -0.05) is 140 Å². The van der Waals surface area contributed by atoms with Crippen molar-refractivity contribution in [2.24, 2.45) is 0 Å². The highest BCUT2D eigenvalue weighted by Gasteiger charge is 2.28. The van der Waals surface area contributed by atoms with Crippen molar-refractivity contribution in [2.75, 3.05) is 7.11 Å². The van der Waals surface area contributed by atoms with E-state index >= 15 is 0 Å². The summed E-state index contributed by atoms with van der Waals surface area (Å²) in [7, 11) is 1.19. The second-order valence-electron chi connectivity index (χ2n) is 16.7. The molecule has 0 radical (unpaired) electrons. The van der Waals surface area contributed by atoms with Gasteiger partial charge in [0.2, 0.25) is 0 Å². The minimum atomic E-state index is -0.527. The summed E-state index contributed by atoms with van der Waals surface area (Å²) < 4.78 is 17.3. The molecule has 5 heteroatoms. The molecule has 0 saturated heterocycles. The SMILES string of the molecule is COB(OC(C)(C)C)c1ccc2c(-c3ccc(-n4c5ccccc5c5ccccc54)cc3)c3ccccc3c(-c3ccc(-n4c5ccccc5c5ccccc54)cc3)c2c1. The Morgan fingerprint density at radius 3 is 1.12 bits per heavy atom. The Labute approximate surface area is 350 Å². The van der Waals surface area contributed by atoms with E-state index in [9.17, 15) is 0 Å². The average molecular weight is 775 g/mol. The van der Waals surface area contributed by atoms with Gasteiger partial charge in [0, 0.05) is 45.6 Å². The minimum Gasteiger partial charge on any atom is -0.410 e. The maximum Gasteiger partial charge on any atom is 0.494 e. The topological polar surface area (TPSA) is 28.3 Å². The van der Waals surface area contributed by atoms with Crippen molar-refractivity contribution < 1.29 is 9.31 Å². The number of hydrogen-bond acceptors (Lipinski definition) is 2. The van der Waals surface area contributed by atoms with Crippen molar-refractivity contribution in [1.82, 2.24) is 9.13 Å². The van der Waals surface area contributed by atoms with Crippen LogP contribution in [0.25, 0.3) is 98.8 Å². The third kappa shape index (κ3) is 5.84. The van der Waals surface area contributed by atoms with E-state index < -0.39 is 12.7 Å². The zero-order chi connectivity index (χ0) is 40.5. The van der Waals surface area contributed by atoms with Gasteiger partial charge in [-0.3, -0.25) is 0 Å². The zero-order valence-electron chi connectivity index (χ0n) is 34.2. The van der Waals surface area contributed by atoms with Gasteiger partial charge >= 0.3 is 7.12 Å². The molecule has 0 atom stereocenters. The summed E-state index contributed by atoms with van der Waals surface area (Å²) in [4.78, 5) is 0. The van der Waals surface area contributed by atoms with Crippen molar-refractivity contribution >= 4 is 77.7 Å². The molecular weight excluding hydrogens is 731 g/mol. The molecule has 4 nitrogen and oxygen atoms in total. The molecule has 60 heavy (non-hydrogen) atoms. The third-order valence-corrected chi connectivity index (χ3v) is 12.0. The fraction of sp³-hybridized carbons (Fsp3) is 0.0909. The van der Waals surface area contributed by atoms with Crippen LogP contribution in [-0.2, 0) is 9.31 Å². The molecule has 11 aromatic rings. The normalized spacial score (nSPS) is 12.1. The molecule has 0 amide bonds. The fourth-order valence-corrected chi connectivity index (χ4v) is 9.49. The number of para-hydroxylation sites is 4. The predicted molar refractivity (Wildman–Crippen MR) is 254 cm³/mol. The van der Waals surface area contributed by atoms with Crippen LogP contribution in [0, 0.1) is 0 Å². The molecule has 2 aromatic heterocycles. The van der Waals surface area contributed by atoms with Gasteiger partial charge in [0.1, 0.15) is 0 Å². The summed E-state index contributed by atoms with van der Waals surface area (Å²) in [5.74, 6) is 0. The van der Waals surface area contributed by atoms with E-state index in [4.69, 9.17) is 9.31 Å². The van der Waals surface area contributed by atoms with E-state index in [1.54, 1.807) is 7.11 Å². The van der Waals surface area contributed by atoms with Gasteiger partial charge in [-0.25, -0.2) is 0 Å². The van der Waals surface area contributed by atoms with Gasteiger partial charge < -0.3 is 18.4 Å². The highest BCUT2D eigenvalue weighted by atomic mass is 16.6. The quantitative estimate of drug-likeness (QED) is 0.119. The fourth-order valence-electron chi connectivity index (χ4n) is 9.49. The molecule has 0 spiro atoms. The first kappa shape index (κ1) is 36.2. The first-order valence-electron chi connectivity index (χ1n) is 20.7. The minimum absolute atomic E-state index is 0.395. The van der Waals surface area contributed by atoms with Crippen LogP contribution in [0.3, 0.4) is 0 Å². The molecule has 0 saturated carbocycles. The number of benzene rings is 9. The van der Waals surface area contributed by atoms with Gasteiger partial charge in [-0.15, -0.1) is 0 Å². The molecule has 2 heterocycles. The molecule has 0 fully saturated rings. The summed E-state index contributed by atoms with van der Waals surface area (Å²) in [6, 6.07) is 68.5. The second-order valence-corrected chi connectivity index (χ2v) is 16.7. The van der Waals surface area contributed by atoms with Crippen LogP contribution in [0.1, 0.15) is 20.8 Å². The maximum absolute atomic E-state index is 6.48. The Hall–Kier alpha value is -6.92. The molecule has 9 aromatic carbocycles. The Morgan fingerprint density at radius 2 is 0.733 bits per heavy atom. The van der Waals surface area contributed by atoms with Crippen LogP contribution >= 0.6 is 0 Å². The molecule has 0 bridgehead atoms. The van der Waals surface area contributed by atoms with E-state index in [1.807, 2.05) is 0 Å². The summed E-state index contributed by atoms with van der Waals surface area (Å²) in [5, 5.41) is 9.75. The molecule has 288 valence electrons. The van der Waals surface area contributed by atoms with Crippen LogP contribution < -0.4 is 5.46 Å². The Kier molecular flexibility index (Phi) is 8.52. The first-order valence-corrected chi connectivity index (χ1v) is 20.7. The number of rotatable bonds is 7. The standard InChI is InChI=1S/C55H43BN2O2/c1-55(2,3)60-56(59-4)38-29-34-47-48(35-38)54(37-27-32-40(33-28-37)58-51-23-13-9-17-43(51)44-18-10-14-24-52(44)58)46-20-6-5-19-45(46)53(47)36-25-30-39(31-26-36)57-49-21-11-7-15-41(49)42-16-8-12-22-50(42)57/h5-35H,1-4H3. The predicted octanol–water partition coefficient (Wildman–Crippen LogP) is 13.7. The van der Waals surface area contributed by atoms with Gasteiger partial charge in [0.25, 0.3) is 0 Å². The van der Waals surface area contributed by atoms with Gasteiger partial charge in [-0.2, -0.15) is 0 Å². The largest absolute Gasteiger partial charge is 0.494 e. The lowest BCUT2D eigenvalue weighted by atomic mass is 9.75. The van der Waals surface area contributed by atoms with Crippen LogP contribution in [0.15, 0.2) is 188 Å². The lowest BCUT2D eigenvalue weighted by Gasteiger charge is -2.25. The van der Waals surface area contributed by atoms with Crippen LogP contribution in [-0.4, -0.2) is 29.0 Å². The second kappa shape index (κ2) is 14.1. The average Bonchev–Trinajstić information content (AvgIpc) is 3.80. The highest BCUT2D eigenvalue weighted by molar-refractivity contribution is 6.61. The van der Waals surface area contributed by atoms with Crippen molar-refractivity contribution in [2.45, 2.75) is 26.4 Å². The lowest BCUT2D eigenvalue weighted by Crippen LogP contribution is -2.41. The Morgan fingerprint density at radius 1 is 0.383 bits per heavy atom. The number of nitrogens with zero attached hydrogens (tertiary/aromatic N) is 2. The van der Waals surface area contributed by atoms with E-state index in [0.29, 0.717) is 0 Å².